The topological polar surface area (TPSA) is 30.7 Å². The highest BCUT2D eigenvalue weighted by Gasteiger charge is 2.24. The average Bonchev–Trinajstić information content (AvgIpc) is 2.94. The molecule has 3 nitrogen and oxygen atoms in total. The molecule has 1 aliphatic carbocycles. The lowest BCUT2D eigenvalue weighted by Gasteiger charge is -2.12. The Labute approximate surface area is 94.8 Å². The molecule has 0 saturated heterocycles. The summed E-state index contributed by atoms with van der Waals surface area (Å²) < 4.78 is 2.29. The van der Waals surface area contributed by atoms with Crippen LogP contribution in [0.3, 0.4) is 0 Å². The van der Waals surface area contributed by atoms with Gasteiger partial charge in [0, 0.05) is 23.8 Å². The third-order valence-electron chi connectivity index (χ3n) is 3.55. The Kier molecular flexibility index (Phi) is 2.24. The fourth-order valence-electron chi connectivity index (χ4n) is 2.65. The van der Waals surface area contributed by atoms with Crippen LogP contribution in [-0.4, -0.2) is 14.5 Å². The van der Waals surface area contributed by atoms with Crippen molar-refractivity contribution in [2.24, 2.45) is 5.92 Å². The van der Waals surface area contributed by atoms with Crippen LogP contribution >= 0.6 is 0 Å². The zero-order chi connectivity index (χ0) is 11.0. The molecule has 0 amide bonds. The minimum absolute atomic E-state index is 0.579. The molecule has 0 aliphatic heterocycles. The first-order chi connectivity index (χ1) is 7.88. The van der Waals surface area contributed by atoms with E-state index in [1.165, 1.54) is 19.3 Å². The first-order valence-electron chi connectivity index (χ1n) is 5.77. The predicted molar refractivity (Wildman–Crippen MR) is 64.1 cm³/mol. The minimum atomic E-state index is 0.579. The molecule has 0 aromatic carbocycles. The summed E-state index contributed by atoms with van der Waals surface area (Å²) in [6.07, 6.45) is 11.4. The normalized spacial score (nSPS) is 25.0. The zero-order valence-corrected chi connectivity index (χ0v) is 9.21. The van der Waals surface area contributed by atoms with Gasteiger partial charge in [0.25, 0.3) is 0 Å². The summed E-state index contributed by atoms with van der Waals surface area (Å²) in [6.45, 7) is 3.89. The maximum Gasteiger partial charge on any atom is 0.143 e. The Hall–Kier alpha value is -1.64. The Morgan fingerprint density at radius 2 is 2.38 bits per heavy atom. The molecule has 0 radical (unpaired) electrons. The molecule has 82 valence electrons. The van der Waals surface area contributed by atoms with Crippen molar-refractivity contribution in [2.45, 2.75) is 25.3 Å². The molecule has 3 rings (SSSR count). The molecular weight excluding hydrogens is 198 g/mol. The van der Waals surface area contributed by atoms with Gasteiger partial charge in [0.05, 0.1) is 0 Å². The number of hydrogen-bond donors (Lipinski definition) is 0. The Balaban J connectivity index is 1.97. The van der Waals surface area contributed by atoms with Gasteiger partial charge in [0.1, 0.15) is 12.0 Å². The van der Waals surface area contributed by atoms with Crippen LogP contribution in [0.1, 0.15) is 25.3 Å². The Morgan fingerprint density at radius 3 is 3.19 bits per heavy atom. The summed E-state index contributed by atoms with van der Waals surface area (Å²) in [5.74, 6) is 0.671. The molecule has 2 unspecified atom stereocenters. The van der Waals surface area contributed by atoms with Crippen LogP contribution in [0.4, 0.5) is 0 Å². The molecule has 16 heavy (non-hydrogen) atoms. The summed E-state index contributed by atoms with van der Waals surface area (Å²) in [5.41, 5.74) is 1.06. The minimum Gasteiger partial charge on any atom is -0.329 e. The third-order valence-corrected chi connectivity index (χ3v) is 3.55. The molecule has 1 fully saturated rings. The first-order valence-corrected chi connectivity index (χ1v) is 5.77. The van der Waals surface area contributed by atoms with Crippen molar-refractivity contribution in [1.29, 1.82) is 0 Å². The highest BCUT2D eigenvalue weighted by molar-refractivity contribution is 5.74. The number of nitrogens with zero attached hydrogens (tertiary/aromatic N) is 3. The van der Waals surface area contributed by atoms with Crippen molar-refractivity contribution in [3.05, 3.63) is 37.4 Å². The molecule has 2 aromatic heterocycles. The van der Waals surface area contributed by atoms with E-state index in [1.54, 1.807) is 6.33 Å². The van der Waals surface area contributed by atoms with Crippen molar-refractivity contribution in [3.8, 4) is 0 Å². The van der Waals surface area contributed by atoms with Crippen molar-refractivity contribution in [3.63, 3.8) is 0 Å². The molecule has 2 atom stereocenters. The molecular formula is C13H15N3. The van der Waals surface area contributed by atoms with Crippen molar-refractivity contribution < 1.29 is 0 Å². The summed E-state index contributed by atoms with van der Waals surface area (Å²) >= 11 is 0. The largest absolute Gasteiger partial charge is 0.329 e. The predicted octanol–water partition coefficient (Wildman–Crippen LogP) is 2.96. The van der Waals surface area contributed by atoms with Gasteiger partial charge >= 0.3 is 0 Å². The van der Waals surface area contributed by atoms with Crippen LogP contribution in [0, 0.1) is 5.92 Å². The fraction of sp³-hybridized carbons (Fsp3) is 0.385. The van der Waals surface area contributed by atoms with Gasteiger partial charge < -0.3 is 4.57 Å². The van der Waals surface area contributed by atoms with Crippen LogP contribution in [0.5, 0.6) is 0 Å². The highest BCUT2D eigenvalue weighted by Crippen LogP contribution is 2.36. The van der Waals surface area contributed by atoms with E-state index in [4.69, 9.17) is 0 Å². The third kappa shape index (κ3) is 1.43. The second kappa shape index (κ2) is 3.74. The van der Waals surface area contributed by atoms with Gasteiger partial charge in [-0.15, -0.1) is 6.58 Å². The molecule has 1 saturated carbocycles. The molecule has 0 spiro atoms. The first kappa shape index (κ1) is 9.58. The highest BCUT2D eigenvalue weighted by atomic mass is 15.1. The average molecular weight is 213 g/mol. The summed E-state index contributed by atoms with van der Waals surface area (Å²) in [4.78, 5) is 8.41. The SMILES string of the molecule is C=CC1CCC(n2ccc3cncnc32)C1. The zero-order valence-electron chi connectivity index (χ0n) is 9.21. The van der Waals surface area contributed by atoms with Gasteiger partial charge in [-0.2, -0.15) is 0 Å². The van der Waals surface area contributed by atoms with Gasteiger partial charge in [-0.25, -0.2) is 9.97 Å². The lowest BCUT2D eigenvalue weighted by atomic mass is 10.1. The molecule has 0 bridgehead atoms. The van der Waals surface area contributed by atoms with Crippen LogP contribution in [-0.2, 0) is 0 Å². The van der Waals surface area contributed by atoms with Crippen molar-refractivity contribution in [2.75, 3.05) is 0 Å². The lowest BCUT2D eigenvalue weighted by molar-refractivity contribution is 0.518. The molecule has 3 heteroatoms. The molecule has 2 aromatic rings. The molecule has 1 aliphatic rings. The van der Waals surface area contributed by atoms with Gasteiger partial charge in [0.15, 0.2) is 0 Å². The lowest BCUT2D eigenvalue weighted by Crippen LogP contribution is -2.04. The van der Waals surface area contributed by atoms with Crippen molar-refractivity contribution in [1.82, 2.24) is 14.5 Å². The summed E-state index contributed by atoms with van der Waals surface area (Å²) in [7, 11) is 0. The van der Waals surface area contributed by atoms with Crippen LogP contribution in [0.25, 0.3) is 11.0 Å². The van der Waals surface area contributed by atoms with E-state index >= 15 is 0 Å². The maximum atomic E-state index is 4.36. The van der Waals surface area contributed by atoms with Gasteiger partial charge in [-0.1, -0.05) is 6.08 Å². The Bertz CT molecular complexity index is 515. The quantitative estimate of drug-likeness (QED) is 0.718. The Morgan fingerprint density at radius 1 is 1.44 bits per heavy atom. The van der Waals surface area contributed by atoms with Crippen molar-refractivity contribution >= 4 is 11.0 Å². The number of aromatic nitrogens is 3. The van der Waals surface area contributed by atoms with Gasteiger partial charge in [-0.3, -0.25) is 0 Å². The second-order valence-electron chi connectivity index (χ2n) is 4.49. The van der Waals surface area contributed by atoms with Gasteiger partial charge in [-0.05, 0) is 31.2 Å². The monoisotopic (exact) mass is 213 g/mol. The maximum absolute atomic E-state index is 4.36. The number of fused-ring (bicyclic) bond motifs is 1. The number of rotatable bonds is 2. The van der Waals surface area contributed by atoms with E-state index in [2.05, 4.69) is 39.5 Å². The van der Waals surface area contributed by atoms with Gasteiger partial charge in [0.2, 0.25) is 0 Å². The second-order valence-corrected chi connectivity index (χ2v) is 4.49. The fourth-order valence-corrected chi connectivity index (χ4v) is 2.65. The number of hydrogen-bond acceptors (Lipinski definition) is 2. The number of allylic oxidation sites excluding steroid dienone is 1. The smallest absolute Gasteiger partial charge is 0.143 e. The van der Waals surface area contributed by atoms with E-state index in [0.717, 1.165) is 11.0 Å². The van der Waals surface area contributed by atoms with E-state index in [0.29, 0.717) is 12.0 Å². The standard InChI is InChI=1S/C13H15N3/c1-2-10-3-4-12(7-10)16-6-5-11-8-14-9-15-13(11)16/h2,5-6,8-10,12H,1,3-4,7H2. The van der Waals surface area contributed by atoms with Crippen LogP contribution in [0.15, 0.2) is 37.4 Å². The van der Waals surface area contributed by atoms with E-state index in [-0.39, 0.29) is 0 Å². The van der Waals surface area contributed by atoms with Crippen LogP contribution < -0.4 is 0 Å². The summed E-state index contributed by atoms with van der Waals surface area (Å²) in [5, 5.41) is 1.13. The van der Waals surface area contributed by atoms with E-state index < -0.39 is 0 Å². The molecule has 2 heterocycles. The molecule has 0 N–H and O–H groups in total. The summed E-state index contributed by atoms with van der Waals surface area (Å²) in [6, 6.07) is 2.67. The van der Waals surface area contributed by atoms with E-state index in [1.807, 2.05) is 6.20 Å². The van der Waals surface area contributed by atoms with Crippen LogP contribution in [0.2, 0.25) is 0 Å². The van der Waals surface area contributed by atoms with E-state index in [9.17, 15) is 0 Å².